The van der Waals surface area contributed by atoms with E-state index in [-0.39, 0.29) is 49.3 Å². The van der Waals surface area contributed by atoms with Gasteiger partial charge in [0.05, 0.1) is 35.0 Å². The number of amides is 1. The zero-order valence-electron chi connectivity index (χ0n) is 21.6. The van der Waals surface area contributed by atoms with Gasteiger partial charge in [0.2, 0.25) is 0 Å². The number of nitrogen functional groups attached to an aromatic ring is 1. The van der Waals surface area contributed by atoms with E-state index in [9.17, 15) is 22.8 Å². The topological polar surface area (TPSA) is 113 Å². The second-order valence-corrected chi connectivity index (χ2v) is 10.2. The molecular formula is C28H26F3N7O2. The number of fused-ring (bicyclic) bond motifs is 2. The molecule has 1 fully saturated rings. The van der Waals surface area contributed by atoms with Crippen LogP contribution in [0.1, 0.15) is 37.7 Å². The minimum Gasteiger partial charge on any atom is -0.383 e. The lowest BCUT2D eigenvalue weighted by molar-refractivity contribution is -0.148. The average Bonchev–Trinajstić information content (AvgIpc) is 3.62. The van der Waals surface area contributed by atoms with Crippen LogP contribution in [0.2, 0.25) is 0 Å². The minimum absolute atomic E-state index is 0.166. The third-order valence-corrected chi connectivity index (χ3v) is 7.34. The van der Waals surface area contributed by atoms with Gasteiger partial charge < -0.3 is 15.6 Å². The smallest absolute Gasteiger partial charge is 0.383 e. The molecule has 12 heteroatoms. The van der Waals surface area contributed by atoms with Gasteiger partial charge in [0.1, 0.15) is 11.6 Å². The summed E-state index contributed by atoms with van der Waals surface area (Å²) >= 11 is 0. The van der Waals surface area contributed by atoms with E-state index in [0.717, 1.165) is 28.0 Å². The molecule has 6 rings (SSSR count). The number of nitrogens with two attached hydrogens (primary N) is 1. The van der Waals surface area contributed by atoms with Crippen molar-refractivity contribution in [1.29, 1.82) is 0 Å². The number of nitrogens with zero attached hydrogens (tertiary/aromatic N) is 5. The third-order valence-electron chi connectivity index (χ3n) is 7.34. The first-order valence-electron chi connectivity index (χ1n) is 12.8. The summed E-state index contributed by atoms with van der Waals surface area (Å²) in [5.41, 5.74) is 11.6. The number of nitrogens with one attached hydrogen (secondary N) is 1. The zero-order chi connectivity index (χ0) is 28.2. The number of aromatic nitrogens is 4. The van der Waals surface area contributed by atoms with Crippen molar-refractivity contribution in [2.24, 2.45) is 0 Å². The number of benzene rings is 2. The van der Waals surface area contributed by atoms with Crippen molar-refractivity contribution >= 4 is 34.6 Å². The van der Waals surface area contributed by atoms with Gasteiger partial charge in [-0.3, -0.25) is 14.5 Å². The number of rotatable bonds is 5. The van der Waals surface area contributed by atoms with Gasteiger partial charge in [-0.2, -0.15) is 18.3 Å². The highest BCUT2D eigenvalue weighted by Gasteiger charge is 2.33. The Labute approximate surface area is 227 Å². The van der Waals surface area contributed by atoms with Crippen molar-refractivity contribution in [2.75, 3.05) is 38.5 Å². The van der Waals surface area contributed by atoms with Gasteiger partial charge in [0.15, 0.2) is 5.78 Å². The molecule has 0 radical (unpaired) electrons. The van der Waals surface area contributed by atoms with Crippen LogP contribution in [-0.2, 0) is 6.42 Å². The highest BCUT2D eigenvalue weighted by molar-refractivity contribution is 6.15. The maximum Gasteiger partial charge on any atom is 0.401 e. The SMILES string of the molecule is Cc1nc2ccc(-n3ncc(C(=O)C4=Cc5cc(C(=O)N6CCN(CC(F)(F)F)CC6)ccc5C4)c3N)cc2[nH]1. The molecule has 2 aromatic heterocycles. The number of Topliss-reactive ketones (excluding diaryl/α,β-unsaturated/α-hetero) is 1. The molecule has 4 aromatic rings. The van der Waals surface area contributed by atoms with E-state index in [0.29, 0.717) is 23.2 Å². The number of aryl methyl sites for hydroxylation is 1. The number of H-pyrrole nitrogens is 1. The Hall–Kier alpha value is -4.45. The second kappa shape index (κ2) is 9.63. The third kappa shape index (κ3) is 4.86. The Morgan fingerprint density at radius 3 is 2.60 bits per heavy atom. The van der Waals surface area contributed by atoms with Crippen molar-refractivity contribution < 1.29 is 22.8 Å². The van der Waals surface area contributed by atoms with Crippen molar-refractivity contribution in [3.8, 4) is 5.69 Å². The van der Waals surface area contributed by atoms with Crippen LogP contribution in [0, 0.1) is 6.92 Å². The Morgan fingerprint density at radius 1 is 1.07 bits per heavy atom. The molecule has 0 saturated carbocycles. The van der Waals surface area contributed by atoms with Crippen LogP contribution in [0.25, 0.3) is 22.8 Å². The fourth-order valence-electron chi connectivity index (χ4n) is 5.33. The van der Waals surface area contributed by atoms with Crippen LogP contribution in [0.15, 0.2) is 48.2 Å². The molecule has 0 spiro atoms. The Kier molecular flexibility index (Phi) is 6.21. The molecule has 2 aliphatic rings. The van der Waals surface area contributed by atoms with Crippen LogP contribution in [0.3, 0.4) is 0 Å². The lowest BCUT2D eigenvalue weighted by Gasteiger charge is -2.35. The normalized spacial score (nSPS) is 15.9. The molecule has 3 heterocycles. The first-order valence-corrected chi connectivity index (χ1v) is 12.8. The highest BCUT2D eigenvalue weighted by Crippen LogP contribution is 2.31. The summed E-state index contributed by atoms with van der Waals surface area (Å²) in [4.78, 5) is 36.9. The second-order valence-electron chi connectivity index (χ2n) is 10.2. The lowest BCUT2D eigenvalue weighted by Crippen LogP contribution is -2.50. The summed E-state index contributed by atoms with van der Waals surface area (Å²) in [5.74, 6) is 0.528. The number of carbonyl (C=O) groups is 2. The van der Waals surface area contributed by atoms with Gasteiger partial charge in [0, 0.05) is 43.7 Å². The van der Waals surface area contributed by atoms with E-state index in [4.69, 9.17) is 5.73 Å². The van der Waals surface area contributed by atoms with Gasteiger partial charge in [-0.15, -0.1) is 0 Å². The predicted molar refractivity (Wildman–Crippen MR) is 143 cm³/mol. The summed E-state index contributed by atoms with van der Waals surface area (Å²) in [5, 5.41) is 4.35. The van der Waals surface area contributed by atoms with Crippen molar-refractivity contribution in [2.45, 2.75) is 19.5 Å². The largest absolute Gasteiger partial charge is 0.401 e. The summed E-state index contributed by atoms with van der Waals surface area (Å²) in [6.07, 6.45) is -0.656. The number of aromatic amines is 1. The van der Waals surface area contributed by atoms with E-state index in [1.807, 2.05) is 31.2 Å². The highest BCUT2D eigenvalue weighted by atomic mass is 19.4. The Morgan fingerprint density at radius 2 is 1.85 bits per heavy atom. The van der Waals surface area contributed by atoms with Crippen molar-refractivity contribution in [3.63, 3.8) is 0 Å². The fourth-order valence-corrected chi connectivity index (χ4v) is 5.33. The first-order chi connectivity index (χ1) is 19.1. The van der Waals surface area contributed by atoms with E-state index in [1.54, 1.807) is 23.1 Å². The number of anilines is 1. The van der Waals surface area contributed by atoms with Crippen LogP contribution in [0.5, 0.6) is 0 Å². The average molecular weight is 550 g/mol. The molecule has 1 saturated heterocycles. The molecular weight excluding hydrogens is 523 g/mol. The number of hydrogen-bond donors (Lipinski definition) is 2. The predicted octanol–water partition coefficient (Wildman–Crippen LogP) is 3.78. The number of ketones is 1. The quantitative estimate of drug-likeness (QED) is 0.367. The summed E-state index contributed by atoms with van der Waals surface area (Å²) in [7, 11) is 0. The molecule has 40 heavy (non-hydrogen) atoms. The first kappa shape index (κ1) is 25.8. The number of imidazole rings is 1. The van der Waals surface area contributed by atoms with Gasteiger partial charge in [-0.25, -0.2) is 9.67 Å². The molecule has 0 atom stereocenters. The molecule has 1 aliphatic heterocycles. The molecule has 1 aliphatic carbocycles. The van der Waals surface area contributed by atoms with E-state index in [1.165, 1.54) is 15.8 Å². The zero-order valence-corrected chi connectivity index (χ0v) is 21.6. The number of allylic oxidation sites excluding steroid dienone is 1. The molecule has 206 valence electrons. The number of alkyl halides is 3. The standard InChI is InChI=1S/C28H26F3N7O2/c1-16-34-23-5-4-21(13-24(23)35-16)38-26(32)22(14-33-38)25(39)20-10-17-2-3-18(11-19(17)12-20)27(40)37-8-6-36(7-9-37)15-28(29,30)31/h2-5,11-14H,6-10,15,32H2,1H3,(H,34,35). The number of carbonyl (C=O) groups excluding carboxylic acids is 2. The molecule has 9 nitrogen and oxygen atoms in total. The van der Waals surface area contributed by atoms with Crippen molar-refractivity contribution in [3.05, 3.63) is 76.2 Å². The van der Waals surface area contributed by atoms with Gasteiger partial charge in [0.25, 0.3) is 5.91 Å². The molecule has 2 aromatic carbocycles. The molecule has 1 amide bonds. The Bertz CT molecular complexity index is 1680. The monoisotopic (exact) mass is 549 g/mol. The lowest BCUT2D eigenvalue weighted by atomic mass is 10.0. The van der Waals surface area contributed by atoms with E-state index < -0.39 is 12.7 Å². The fraction of sp³-hybridized carbons (Fsp3) is 0.286. The summed E-state index contributed by atoms with van der Waals surface area (Å²) < 4.78 is 39.5. The van der Waals surface area contributed by atoms with Crippen molar-refractivity contribution in [1.82, 2.24) is 29.5 Å². The summed E-state index contributed by atoms with van der Waals surface area (Å²) in [6, 6.07) is 10.8. The van der Waals surface area contributed by atoms with Crippen LogP contribution in [0.4, 0.5) is 19.0 Å². The molecule has 0 bridgehead atoms. The minimum atomic E-state index is -4.26. The van der Waals surface area contributed by atoms with Gasteiger partial charge in [-0.05, 0) is 54.5 Å². The molecule has 3 N–H and O–H groups in total. The van der Waals surface area contributed by atoms with Crippen LogP contribution in [-0.4, -0.2) is 80.1 Å². The van der Waals surface area contributed by atoms with E-state index >= 15 is 0 Å². The maximum absolute atomic E-state index is 13.4. The number of piperazine rings is 1. The molecule has 0 unspecified atom stereocenters. The van der Waals surface area contributed by atoms with E-state index in [2.05, 4.69) is 15.1 Å². The Balaban J connectivity index is 1.17. The van der Waals surface area contributed by atoms with Crippen LogP contribution < -0.4 is 5.73 Å². The van der Waals surface area contributed by atoms with Gasteiger partial charge in [-0.1, -0.05) is 6.07 Å². The number of hydrogen-bond acceptors (Lipinski definition) is 6. The summed E-state index contributed by atoms with van der Waals surface area (Å²) in [6.45, 7) is 1.67. The maximum atomic E-state index is 13.4. The van der Waals surface area contributed by atoms with Crippen LogP contribution >= 0.6 is 0 Å². The number of halogens is 3. The van der Waals surface area contributed by atoms with Gasteiger partial charge >= 0.3 is 6.18 Å².